The fourth-order valence-electron chi connectivity index (χ4n) is 3.85. The number of rotatable bonds is 6. The largest absolute Gasteiger partial charge is 0.434 e. The van der Waals surface area contributed by atoms with Gasteiger partial charge in [0, 0.05) is 17.4 Å². The van der Waals surface area contributed by atoms with Crippen LogP contribution in [0, 0.1) is 5.82 Å². The summed E-state index contributed by atoms with van der Waals surface area (Å²) in [7, 11) is 0. The highest BCUT2D eigenvalue weighted by Gasteiger charge is 2.35. The van der Waals surface area contributed by atoms with Crippen molar-refractivity contribution >= 4 is 34.3 Å². The maximum absolute atomic E-state index is 13.3. The van der Waals surface area contributed by atoms with Gasteiger partial charge in [-0.05, 0) is 48.4 Å². The first kappa shape index (κ1) is 25.6. The number of nitrogens with two attached hydrogens (primary N) is 1. The standard InChI is InChI=1S/C26H20F4N8O/c1-13(14-2-4-15(5-3-14)16-10-19-22(31)37-38-23(19)32-11-16)34-24-21(36-20(12-33-24)26(28,29)30)25(39)35-18-8-6-17(27)7-9-18/h2-13H,1H3,(H,33,34)(H,35,39)(H3,31,32,37,38)/t13-/m1/s1. The Morgan fingerprint density at radius 1 is 1.00 bits per heavy atom. The summed E-state index contributed by atoms with van der Waals surface area (Å²) in [6, 6.07) is 13.5. The third kappa shape index (κ3) is 5.46. The summed E-state index contributed by atoms with van der Waals surface area (Å²) in [6.45, 7) is 1.76. The Bertz CT molecular complexity index is 1650. The van der Waals surface area contributed by atoms with Crippen molar-refractivity contribution in [1.82, 2.24) is 25.1 Å². The first-order valence-corrected chi connectivity index (χ1v) is 11.6. The van der Waals surface area contributed by atoms with Crippen LogP contribution in [0.1, 0.15) is 34.7 Å². The number of carbonyl (C=O) groups excluding carboxylic acids is 1. The molecule has 0 radical (unpaired) electrons. The topological polar surface area (TPSA) is 134 Å². The zero-order chi connectivity index (χ0) is 27.7. The molecule has 0 saturated heterocycles. The van der Waals surface area contributed by atoms with Crippen LogP contribution in [0.4, 0.5) is 34.9 Å². The van der Waals surface area contributed by atoms with Crippen LogP contribution in [0.25, 0.3) is 22.2 Å². The highest BCUT2D eigenvalue weighted by molar-refractivity contribution is 6.06. The van der Waals surface area contributed by atoms with Crippen molar-refractivity contribution in [3.63, 3.8) is 0 Å². The van der Waals surface area contributed by atoms with Crippen LogP contribution >= 0.6 is 0 Å². The minimum Gasteiger partial charge on any atom is -0.382 e. The predicted molar refractivity (Wildman–Crippen MR) is 137 cm³/mol. The quantitative estimate of drug-likeness (QED) is 0.208. The molecule has 5 N–H and O–H groups in total. The van der Waals surface area contributed by atoms with Crippen LogP contribution in [-0.2, 0) is 6.18 Å². The Hall–Kier alpha value is -5.07. The van der Waals surface area contributed by atoms with E-state index < -0.39 is 35.3 Å². The van der Waals surface area contributed by atoms with Crippen LogP contribution in [0.15, 0.2) is 67.0 Å². The molecule has 1 amide bonds. The number of carbonyl (C=O) groups is 1. The second-order valence-electron chi connectivity index (χ2n) is 8.63. The number of anilines is 3. The van der Waals surface area contributed by atoms with Gasteiger partial charge in [-0.2, -0.15) is 18.3 Å². The molecule has 0 spiro atoms. The van der Waals surface area contributed by atoms with Crippen molar-refractivity contribution in [2.24, 2.45) is 0 Å². The molecule has 9 nitrogen and oxygen atoms in total. The summed E-state index contributed by atoms with van der Waals surface area (Å²) in [5.41, 5.74) is 7.18. The summed E-state index contributed by atoms with van der Waals surface area (Å²) >= 11 is 0. The molecule has 198 valence electrons. The molecule has 39 heavy (non-hydrogen) atoms. The zero-order valence-electron chi connectivity index (χ0n) is 20.2. The summed E-state index contributed by atoms with van der Waals surface area (Å²) in [6.07, 6.45) is -2.57. The average molecular weight is 536 g/mol. The van der Waals surface area contributed by atoms with Gasteiger partial charge in [0.15, 0.2) is 28.7 Å². The van der Waals surface area contributed by atoms with Crippen molar-refractivity contribution in [3.05, 3.63) is 89.8 Å². The Kier molecular flexibility index (Phi) is 6.56. The number of alkyl halides is 3. The molecule has 0 aliphatic rings. The van der Waals surface area contributed by atoms with Crippen molar-refractivity contribution < 1.29 is 22.4 Å². The van der Waals surface area contributed by atoms with Gasteiger partial charge < -0.3 is 16.4 Å². The molecular formula is C26H20F4N8O. The summed E-state index contributed by atoms with van der Waals surface area (Å²) in [5, 5.41) is 12.8. The zero-order valence-corrected chi connectivity index (χ0v) is 20.2. The van der Waals surface area contributed by atoms with Crippen LogP contribution in [0.5, 0.6) is 0 Å². The maximum Gasteiger partial charge on any atom is 0.434 e. The van der Waals surface area contributed by atoms with Crippen molar-refractivity contribution in [2.45, 2.75) is 19.1 Å². The second kappa shape index (κ2) is 10.0. The number of nitrogens with one attached hydrogen (secondary N) is 3. The number of aromatic amines is 1. The van der Waals surface area contributed by atoms with Gasteiger partial charge in [-0.1, -0.05) is 24.3 Å². The molecule has 1 atom stereocenters. The Balaban J connectivity index is 1.39. The van der Waals surface area contributed by atoms with Gasteiger partial charge in [0.05, 0.1) is 17.6 Å². The van der Waals surface area contributed by atoms with E-state index in [9.17, 15) is 22.4 Å². The number of aromatic nitrogens is 5. The van der Waals surface area contributed by atoms with E-state index in [2.05, 4.69) is 35.8 Å². The summed E-state index contributed by atoms with van der Waals surface area (Å²) in [4.78, 5) is 24.6. The normalized spacial score (nSPS) is 12.3. The van der Waals surface area contributed by atoms with Gasteiger partial charge in [-0.15, -0.1) is 0 Å². The second-order valence-corrected chi connectivity index (χ2v) is 8.63. The number of amides is 1. The molecule has 3 aromatic heterocycles. The van der Waals surface area contributed by atoms with E-state index in [-0.39, 0.29) is 11.5 Å². The first-order chi connectivity index (χ1) is 18.6. The SMILES string of the molecule is C[C@@H](Nc1ncc(C(F)(F)F)nc1C(=O)Nc1ccc(F)cc1)c1ccc(-c2cnc3[nH]nc(N)c3c2)cc1. The number of nitrogens with zero attached hydrogens (tertiary/aromatic N) is 4. The number of pyridine rings is 1. The third-order valence-corrected chi connectivity index (χ3v) is 5.92. The fraction of sp³-hybridized carbons (Fsp3) is 0.115. The van der Waals surface area contributed by atoms with Gasteiger partial charge in [0.1, 0.15) is 5.82 Å². The predicted octanol–water partition coefficient (Wildman–Crippen LogP) is 5.58. The molecule has 0 unspecified atom stereocenters. The maximum atomic E-state index is 13.3. The third-order valence-electron chi connectivity index (χ3n) is 5.92. The van der Waals surface area contributed by atoms with Gasteiger partial charge in [-0.3, -0.25) is 9.89 Å². The Morgan fingerprint density at radius 2 is 1.72 bits per heavy atom. The van der Waals surface area contributed by atoms with Gasteiger partial charge in [0.25, 0.3) is 5.91 Å². The van der Waals surface area contributed by atoms with Crippen LogP contribution in [0.3, 0.4) is 0 Å². The number of hydrogen-bond donors (Lipinski definition) is 4. The molecule has 0 aliphatic carbocycles. The Morgan fingerprint density at radius 3 is 2.41 bits per heavy atom. The molecule has 2 aromatic carbocycles. The fourth-order valence-corrected chi connectivity index (χ4v) is 3.85. The summed E-state index contributed by atoms with van der Waals surface area (Å²) in [5.74, 6) is -1.28. The average Bonchev–Trinajstić information content (AvgIpc) is 3.29. The molecule has 0 saturated carbocycles. The first-order valence-electron chi connectivity index (χ1n) is 11.6. The number of benzene rings is 2. The van der Waals surface area contributed by atoms with Crippen molar-refractivity contribution in [2.75, 3.05) is 16.4 Å². The van der Waals surface area contributed by atoms with E-state index in [1.807, 2.05) is 30.3 Å². The number of hydrogen-bond acceptors (Lipinski definition) is 7. The van der Waals surface area contributed by atoms with Gasteiger partial charge >= 0.3 is 6.18 Å². The molecule has 3 heterocycles. The smallest absolute Gasteiger partial charge is 0.382 e. The molecule has 0 bridgehead atoms. The number of nitrogen functional groups attached to an aromatic ring is 1. The van der Waals surface area contributed by atoms with E-state index in [1.165, 1.54) is 12.1 Å². The molecular weight excluding hydrogens is 516 g/mol. The number of halogens is 4. The lowest BCUT2D eigenvalue weighted by atomic mass is 10.0. The minimum atomic E-state index is -4.81. The highest BCUT2D eigenvalue weighted by atomic mass is 19.4. The van der Waals surface area contributed by atoms with E-state index in [0.29, 0.717) is 23.0 Å². The summed E-state index contributed by atoms with van der Waals surface area (Å²) < 4.78 is 53.2. The van der Waals surface area contributed by atoms with E-state index in [0.717, 1.165) is 28.8 Å². The lowest BCUT2D eigenvalue weighted by Gasteiger charge is -2.18. The van der Waals surface area contributed by atoms with E-state index in [4.69, 9.17) is 5.73 Å². The van der Waals surface area contributed by atoms with Gasteiger partial charge in [0.2, 0.25) is 0 Å². The highest BCUT2D eigenvalue weighted by Crippen LogP contribution is 2.30. The van der Waals surface area contributed by atoms with Crippen LogP contribution in [-0.4, -0.2) is 31.1 Å². The van der Waals surface area contributed by atoms with Gasteiger partial charge in [-0.25, -0.2) is 19.3 Å². The monoisotopic (exact) mass is 536 g/mol. The number of fused-ring (bicyclic) bond motifs is 1. The number of H-pyrrole nitrogens is 1. The molecule has 5 rings (SSSR count). The van der Waals surface area contributed by atoms with Crippen LogP contribution in [0.2, 0.25) is 0 Å². The lowest BCUT2D eigenvalue weighted by Crippen LogP contribution is -2.21. The Labute approximate surface area is 218 Å². The van der Waals surface area contributed by atoms with Crippen LogP contribution < -0.4 is 16.4 Å². The van der Waals surface area contributed by atoms with Crippen molar-refractivity contribution in [3.8, 4) is 11.1 Å². The molecule has 5 aromatic rings. The van der Waals surface area contributed by atoms with E-state index >= 15 is 0 Å². The molecule has 0 fully saturated rings. The lowest BCUT2D eigenvalue weighted by molar-refractivity contribution is -0.141. The molecule has 0 aliphatic heterocycles. The minimum absolute atomic E-state index is 0.149. The van der Waals surface area contributed by atoms with Crippen molar-refractivity contribution in [1.29, 1.82) is 0 Å². The van der Waals surface area contributed by atoms with E-state index in [1.54, 1.807) is 13.1 Å². The molecule has 13 heteroatoms.